The van der Waals surface area contributed by atoms with Gasteiger partial charge in [0, 0.05) is 22.6 Å². The molecule has 0 fully saturated rings. The van der Waals surface area contributed by atoms with Crippen LogP contribution in [0, 0.1) is 0 Å². The molecule has 1 aromatic heterocycles. The number of fused-ring (bicyclic) bond motifs is 2. The number of carbonyl (C=O) groups is 1. The Kier molecular flexibility index (Phi) is 3.23. The Bertz CT molecular complexity index is 988. The Labute approximate surface area is 138 Å². The molecule has 24 heavy (non-hydrogen) atoms. The number of aromatic amines is 1. The first-order valence-corrected chi connectivity index (χ1v) is 7.42. The standard InChI is InChI=1S/C18H15N3O3/c1-23-16-7-12-13(18(22)20-15(12)8-17(16)24-2)5-10-3-4-11-9-19-21-14(11)6-10/h3-9H,1-2H3,(H,19,21)(H,20,22)/b13-5+. The third-order valence-corrected chi connectivity index (χ3v) is 4.08. The monoisotopic (exact) mass is 321 g/mol. The summed E-state index contributed by atoms with van der Waals surface area (Å²) in [5, 5.41) is 10.8. The molecule has 0 bridgehead atoms. The minimum Gasteiger partial charge on any atom is -0.493 e. The van der Waals surface area contributed by atoms with Crippen molar-refractivity contribution in [2.45, 2.75) is 0 Å². The van der Waals surface area contributed by atoms with Crippen LogP contribution in [0.1, 0.15) is 11.1 Å². The summed E-state index contributed by atoms with van der Waals surface area (Å²) in [6.07, 6.45) is 3.62. The van der Waals surface area contributed by atoms with Crippen molar-refractivity contribution >= 4 is 34.1 Å². The fraction of sp³-hybridized carbons (Fsp3) is 0.111. The second kappa shape index (κ2) is 5.42. The van der Waals surface area contributed by atoms with E-state index in [1.807, 2.05) is 30.3 Å². The summed E-state index contributed by atoms with van der Waals surface area (Å²) >= 11 is 0. The first-order valence-electron chi connectivity index (χ1n) is 7.42. The molecule has 6 nitrogen and oxygen atoms in total. The minimum atomic E-state index is -0.148. The molecule has 2 heterocycles. The number of aromatic nitrogens is 2. The van der Waals surface area contributed by atoms with Crippen molar-refractivity contribution in [2.75, 3.05) is 19.5 Å². The van der Waals surface area contributed by atoms with Gasteiger partial charge in [0.15, 0.2) is 11.5 Å². The van der Waals surface area contributed by atoms with E-state index in [-0.39, 0.29) is 5.91 Å². The maximum atomic E-state index is 12.4. The molecule has 0 spiro atoms. The number of amides is 1. The summed E-state index contributed by atoms with van der Waals surface area (Å²) in [6, 6.07) is 9.46. The predicted octanol–water partition coefficient (Wildman–Crippen LogP) is 3.07. The van der Waals surface area contributed by atoms with E-state index in [1.54, 1.807) is 26.5 Å². The number of ether oxygens (including phenoxy) is 2. The zero-order chi connectivity index (χ0) is 16.7. The maximum Gasteiger partial charge on any atom is 0.256 e. The molecule has 120 valence electrons. The molecular weight excluding hydrogens is 306 g/mol. The van der Waals surface area contributed by atoms with Gasteiger partial charge in [-0.15, -0.1) is 0 Å². The Balaban J connectivity index is 1.83. The highest BCUT2D eigenvalue weighted by molar-refractivity contribution is 6.35. The second-order valence-corrected chi connectivity index (χ2v) is 5.48. The molecule has 0 unspecified atom stereocenters. The molecule has 2 aromatic carbocycles. The molecule has 4 rings (SSSR count). The molecule has 6 heteroatoms. The summed E-state index contributed by atoms with van der Waals surface area (Å²) in [7, 11) is 3.14. The minimum absolute atomic E-state index is 0.148. The van der Waals surface area contributed by atoms with Gasteiger partial charge < -0.3 is 14.8 Å². The van der Waals surface area contributed by atoms with Crippen LogP contribution >= 0.6 is 0 Å². The number of nitrogens with zero attached hydrogens (tertiary/aromatic N) is 1. The van der Waals surface area contributed by atoms with Gasteiger partial charge in [-0.2, -0.15) is 5.10 Å². The maximum absolute atomic E-state index is 12.4. The molecule has 1 amide bonds. The third-order valence-electron chi connectivity index (χ3n) is 4.08. The van der Waals surface area contributed by atoms with Crippen LogP contribution in [-0.2, 0) is 4.79 Å². The van der Waals surface area contributed by atoms with Gasteiger partial charge in [-0.05, 0) is 23.8 Å². The van der Waals surface area contributed by atoms with Gasteiger partial charge in [-0.1, -0.05) is 12.1 Å². The third kappa shape index (κ3) is 2.20. The lowest BCUT2D eigenvalue weighted by atomic mass is 10.0. The number of H-pyrrole nitrogens is 1. The lowest BCUT2D eigenvalue weighted by molar-refractivity contribution is -0.110. The van der Waals surface area contributed by atoms with Crippen molar-refractivity contribution in [1.29, 1.82) is 0 Å². The molecule has 1 aliphatic rings. The van der Waals surface area contributed by atoms with Gasteiger partial charge in [0.2, 0.25) is 0 Å². The van der Waals surface area contributed by atoms with Crippen molar-refractivity contribution in [2.24, 2.45) is 0 Å². The number of anilines is 1. The first-order chi connectivity index (χ1) is 11.7. The molecule has 0 atom stereocenters. The highest BCUT2D eigenvalue weighted by atomic mass is 16.5. The van der Waals surface area contributed by atoms with E-state index in [0.717, 1.165) is 22.0 Å². The molecule has 3 aromatic rings. The highest BCUT2D eigenvalue weighted by Crippen LogP contribution is 2.41. The van der Waals surface area contributed by atoms with Gasteiger partial charge in [0.1, 0.15) is 0 Å². The molecule has 1 aliphatic heterocycles. The van der Waals surface area contributed by atoms with Crippen LogP contribution in [0.5, 0.6) is 11.5 Å². The van der Waals surface area contributed by atoms with E-state index >= 15 is 0 Å². The molecule has 0 saturated carbocycles. The van der Waals surface area contributed by atoms with Crippen molar-refractivity contribution in [3.63, 3.8) is 0 Å². The van der Waals surface area contributed by atoms with Gasteiger partial charge in [0.05, 0.1) is 31.6 Å². The quantitative estimate of drug-likeness (QED) is 0.727. The Morgan fingerprint density at radius 1 is 1.08 bits per heavy atom. The normalized spacial score (nSPS) is 14.8. The largest absolute Gasteiger partial charge is 0.493 e. The van der Waals surface area contributed by atoms with Crippen LogP contribution in [0.2, 0.25) is 0 Å². The van der Waals surface area contributed by atoms with E-state index in [9.17, 15) is 4.79 Å². The van der Waals surface area contributed by atoms with E-state index in [1.165, 1.54) is 0 Å². The summed E-state index contributed by atoms with van der Waals surface area (Å²) in [5.41, 5.74) is 3.94. The Morgan fingerprint density at radius 2 is 1.88 bits per heavy atom. The van der Waals surface area contributed by atoms with E-state index in [0.29, 0.717) is 22.8 Å². The molecule has 2 N–H and O–H groups in total. The molecular formula is C18H15N3O3. The number of nitrogens with one attached hydrogen (secondary N) is 2. The van der Waals surface area contributed by atoms with Gasteiger partial charge in [0.25, 0.3) is 5.91 Å². The Morgan fingerprint density at radius 3 is 2.67 bits per heavy atom. The van der Waals surface area contributed by atoms with Crippen LogP contribution in [0.4, 0.5) is 5.69 Å². The summed E-state index contributed by atoms with van der Waals surface area (Å²) in [6.45, 7) is 0. The number of benzene rings is 2. The number of hydrogen-bond donors (Lipinski definition) is 2. The molecule has 0 saturated heterocycles. The van der Waals surface area contributed by atoms with Crippen LogP contribution in [-0.4, -0.2) is 30.3 Å². The van der Waals surface area contributed by atoms with Crippen molar-refractivity contribution < 1.29 is 14.3 Å². The summed E-state index contributed by atoms with van der Waals surface area (Å²) in [5.74, 6) is 1.02. The fourth-order valence-electron chi connectivity index (χ4n) is 2.87. The fourth-order valence-corrected chi connectivity index (χ4v) is 2.87. The average Bonchev–Trinajstić information content (AvgIpc) is 3.17. The van der Waals surface area contributed by atoms with Crippen molar-refractivity contribution in [3.8, 4) is 11.5 Å². The van der Waals surface area contributed by atoms with E-state index < -0.39 is 0 Å². The van der Waals surface area contributed by atoms with E-state index in [2.05, 4.69) is 15.5 Å². The lowest BCUT2D eigenvalue weighted by Gasteiger charge is -2.09. The molecule has 0 aliphatic carbocycles. The number of rotatable bonds is 3. The van der Waals surface area contributed by atoms with Crippen LogP contribution < -0.4 is 14.8 Å². The summed E-state index contributed by atoms with van der Waals surface area (Å²) in [4.78, 5) is 12.4. The first kappa shape index (κ1) is 14.3. The van der Waals surface area contributed by atoms with Gasteiger partial charge in [-0.3, -0.25) is 9.89 Å². The lowest BCUT2D eigenvalue weighted by Crippen LogP contribution is -2.03. The zero-order valence-electron chi connectivity index (χ0n) is 13.2. The topological polar surface area (TPSA) is 76.2 Å². The number of hydrogen-bond acceptors (Lipinski definition) is 4. The Hall–Kier alpha value is -3.28. The molecule has 0 radical (unpaired) electrons. The van der Waals surface area contributed by atoms with Crippen LogP contribution in [0.15, 0.2) is 36.5 Å². The average molecular weight is 321 g/mol. The van der Waals surface area contributed by atoms with Gasteiger partial charge >= 0.3 is 0 Å². The SMILES string of the molecule is COc1cc2c(cc1OC)/C(=C\c1ccc3cn[nH]c3c1)C(=O)N2. The smallest absolute Gasteiger partial charge is 0.256 e. The van der Waals surface area contributed by atoms with Crippen LogP contribution in [0.25, 0.3) is 22.6 Å². The number of carbonyl (C=O) groups excluding carboxylic acids is 1. The van der Waals surface area contributed by atoms with Gasteiger partial charge in [-0.25, -0.2) is 0 Å². The van der Waals surface area contributed by atoms with Crippen LogP contribution in [0.3, 0.4) is 0 Å². The summed E-state index contributed by atoms with van der Waals surface area (Å²) < 4.78 is 10.6. The van der Waals surface area contributed by atoms with Crippen molar-refractivity contribution in [1.82, 2.24) is 10.2 Å². The zero-order valence-corrected chi connectivity index (χ0v) is 13.2. The number of methoxy groups -OCH3 is 2. The predicted molar refractivity (Wildman–Crippen MR) is 92.1 cm³/mol. The second-order valence-electron chi connectivity index (χ2n) is 5.48. The van der Waals surface area contributed by atoms with Crippen molar-refractivity contribution in [3.05, 3.63) is 47.7 Å². The van der Waals surface area contributed by atoms with E-state index in [4.69, 9.17) is 9.47 Å². The highest BCUT2D eigenvalue weighted by Gasteiger charge is 2.26.